The number of rotatable bonds is 9. The van der Waals surface area contributed by atoms with Gasteiger partial charge in [0.05, 0.1) is 6.61 Å². The lowest BCUT2D eigenvalue weighted by Gasteiger charge is -2.36. The summed E-state index contributed by atoms with van der Waals surface area (Å²) >= 11 is 0. The molecule has 0 aromatic rings. The first-order chi connectivity index (χ1) is 9.50. The summed E-state index contributed by atoms with van der Waals surface area (Å²) in [4.78, 5) is 14.9. The molecular weight excluding hydrogens is 252 g/mol. The lowest BCUT2D eigenvalue weighted by Crippen LogP contribution is -2.55. The highest BCUT2D eigenvalue weighted by molar-refractivity contribution is 5.80. The highest BCUT2D eigenvalue weighted by atomic mass is 16.5. The Labute approximate surface area is 123 Å². The number of carbonyl (C=O) groups is 1. The van der Waals surface area contributed by atoms with Crippen LogP contribution in [-0.2, 0) is 9.53 Å². The van der Waals surface area contributed by atoms with Gasteiger partial charge < -0.3 is 4.74 Å². The van der Waals surface area contributed by atoms with E-state index in [9.17, 15) is 4.79 Å². The van der Waals surface area contributed by atoms with Crippen molar-refractivity contribution in [3.05, 3.63) is 0 Å². The van der Waals surface area contributed by atoms with Crippen LogP contribution in [0.1, 0.15) is 59.8 Å². The molecule has 2 atom stereocenters. The molecule has 4 heteroatoms. The zero-order valence-corrected chi connectivity index (χ0v) is 13.4. The second kappa shape index (κ2) is 6.44. The highest BCUT2D eigenvalue weighted by Gasteiger charge is 2.42. The van der Waals surface area contributed by atoms with Crippen molar-refractivity contribution in [2.24, 2.45) is 0 Å². The first-order valence-corrected chi connectivity index (χ1v) is 8.20. The third-order valence-electron chi connectivity index (χ3n) is 4.48. The van der Waals surface area contributed by atoms with E-state index in [-0.39, 0.29) is 5.97 Å². The third-order valence-corrected chi connectivity index (χ3v) is 4.48. The first-order valence-electron chi connectivity index (χ1n) is 8.20. The van der Waals surface area contributed by atoms with Gasteiger partial charge in [-0.25, -0.2) is 0 Å². The van der Waals surface area contributed by atoms with E-state index < -0.39 is 5.54 Å². The fourth-order valence-electron chi connectivity index (χ4n) is 3.21. The Morgan fingerprint density at radius 3 is 2.45 bits per heavy atom. The minimum absolute atomic E-state index is 0.0920. The minimum Gasteiger partial charge on any atom is -0.465 e. The second-order valence-electron chi connectivity index (χ2n) is 6.59. The summed E-state index contributed by atoms with van der Waals surface area (Å²) in [5.74, 6) is -0.0920. The number of nitrogens with zero attached hydrogens (tertiary/aromatic N) is 1. The summed E-state index contributed by atoms with van der Waals surface area (Å²) in [6.07, 6.45) is 5.81. The fourth-order valence-corrected chi connectivity index (χ4v) is 3.21. The van der Waals surface area contributed by atoms with Gasteiger partial charge in [0.15, 0.2) is 0 Å². The average Bonchev–Trinajstić information content (AvgIpc) is 3.24. The van der Waals surface area contributed by atoms with Gasteiger partial charge >= 0.3 is 5.97 Å². The molecule has 2 aliphatic carbocycles. The third kappa shape index (κ3) is 3.95. The van der Waals surface area contributed by atoms with Crippen molar-refractivity contribution in [1.82, 2.24) is 10.2 Å². The smallest absolute Gasteiger partial charge is 0.326 e. The molecule has 0 spiro atoms. The fraction of sp³-hybridized carbons (Fsp3) is 0.938. The summed E-state index contributed by atoms with van der Waals surface area (Å²) in [5, 5.41) is 3.52. The van der Waals surface area contributed by atoms with E-state index in [2.05, 4.69) is 24.1 Å². The van der Waals surface area contributed by atoms with E-state index in [4.69, 9.17) is 4.74 Å². The predicted octanol–water partition coefficient (Wildman–Crippen LogP) is 2.32. The normalized spacial score (nSPS) is 23.4. The van der Waals surface area contributed by atoms with Crippen molar-refractivity contribution in [3.8, 4) is 0 Å². The molecule has 20 heavy (non-hydrogen) atoms. The predicted molar refractivity (Wildman–Crippen MR) is 80.7 cm³/mol. The number of hydrogen-bond acceptors (Lipinski definition) is 4. The molecule has 0 heterocycles. The molecule has 0 saturated heterocycles. The Bertz CT molecular complexity index is 339. The van der Waals surface area contributed by atoms with Crippen molar-refractivity contribution >= 4 is 5.97 Å². The SMILES string of the molecule is CCOC(=O)C(C)(CC(C)N(CC)C1CC1)NC1CC1. The summed E-state index contributed by atoms with van der Waals surface area (Å²) in [7, 11) is 0. The zero-order chi connectivity index (χ0) is 14.8. The van der Waals surface area contributed by atoms with Crippen molar-refractivity contribution in [2.45, 2.75) is 83.5 Å². The maximum atomic E-state index is 12.4. The molecule has 116 valence electrons. The van der Waals surface area contributed by atoms with Crippen LogP contribution >= 0.6 is 0 Å². The number of esters is 1. The maximum Gasteiger partial charge on any atom is 0.326 e. The van der Waals surface area contributed by atoms with Gasteiger partial charge in [-0.3, -0.25) is 15.0 Å². The molecule has 4 nitrogen and oxygen atoms in total. The molecule has 1 N–H and O–H groups in total. The van der Waals surface area contributed by atoms with Crippen LogP contribution in [0.5, 0.6) is 0 Å². The molecule has 2 unspecified atom stereocenters. The Hall–Kier alpha value is -0.610. The zero-order valence-electron chi connectivity index (χ0n) is 13.4. The molecule has 2 aliphatic rings. The number of nitrogens with one attached hydrogen (secondary N) is 1. The van der Waals surface area contributed by atoms with Gasteiger partial charge in [-0.2, -0.15) is 0 Å². The van der Waals surface area contributed by atoms with E-state index >= 15 is 0 Å². The number of carbonyl (C=O) groups excluding carboxylic acids is 1. The summed E-state index contributed by atoms with van der Waals surface area (Å²) < 4.78 is 5.31. The van der Waals surface area contributed by atoms with Crippen molar-refractivity contribution in [3.63, 3.8) is 0 Å². The van der Waals surface area contributed by atoms with Crippen LogP contribution in [0.3, 0.4) is 0 Å². The molecular formula is C16H30N2O2. The molecule has 0 aromatic carbocycles. The van der Waals surface area contributed by atoms with Gasteiger partial charge in [0.2, 0.25) is 0 Å². The van der Waals surface area contributed by atoms with E-state index in [1.165, 1.54) is 25.7 Å². The summed E-state index contributed by atoms with van der Waals surface area (Å²) in [6, 6.07) is 1.66. The van der Waals surface area contributed by atoms with E-state index in [1.54, 1.807) is 0 Å². The lowest BCUT2D eigenvalue weighted by molar-refractivity contribution is -0.151. The molecule has 2 rings (SSSR count). The summed E-state index contributed by atoms with van der Waals surface area (Å²) in [6.45, 7) is 9.87. The van der Waals surface area contributed by atoms with Crippen LogP contribution in [0.4, 0.5) is 0 Å². The van der Waals surface area contributed by atoms with Gasteiger partial charge in [0.25, 0.3) is 0 Å². The molecule has 0 aliphatic heterocycles. The molecule has 0 amide bonds. The Balaban J connectivity index is 1.99. The van der Waals surface area contributed by atoms with Gasteiger partial charge in [-0.15, -0.1) is 0 Å². The highest BCUT2D eigenvalue weighted by Crippen LogP contribution is 2.32. The molecule has 2 fully saturated rings. The molecule has 0 aromatic heterocycles. The van der Waals surface area contributed by atoms with E-state index in [0.29, 0.717) is 18.7 Å². The standard InChI is InChI=1S/C16H30N2O2/c1-5-18(14-9-10-14)12(3)11-16(4,15(19)20-6-2)17-13-7-8-13/h12-14,17H,5-11H2,1-4H3. The van der Waals surface area contributed by atoms with Gasteiger partial charge in [0, 0.05) is 18.1 Å². The molecule has 2 saturated carbocycles. The topological polar surface area (TPSA) is 41.6 Å². The van der Waals surface area contributed by atoms with Crippen LogP contribution in [-0.4, -0.2) is 47.7 Å². The quantitative estimate of drug-likeness (QED) is 0.659. The van der Waals surface area contributed by atoms with Gasteiger partial charge in [-0.05, 0) is 59.4 Å². The van der Waals surface area contributed by atoms with Crippen LogP contribution in [0.15, 0.2) is 0 Å². The average molecular weight is 282 g/mol. The van der Waals surface area contributed by atoms with Crippen LogP contribution < -0.4 is 5.32 Å². The van der Waals surface area contributed by atoms with Crippen molar-refractivity contribution < 1.29 is 9.53 Å². The van der Waals surface area contributed by atoms with Gasteiger partial charge in [0.1, 0.15) is 5.54 Å². The van der Waals surface area contributed by atoms with E-state index in [1.807, 2.05) is 13.8 Å². The monoisotopic (exact) mass is 282 g/mol. The largest absolute Gasteiger partial charge is 0.465 e. The Morgan fingerprint density at radius 2 is 2.00 bits per heavy atom. The van der Waals surface area contributed by atoms with Crippen molar-refractivity contribution in [1.29, 1.82) is 0 Å². The van der Waals surface area contributed by atoms with Crippen LogP contribution in [0.2, 0.25) is 0 Å². The molecule has 0 bridgehead atoms. The number of hydrogen-bond donors (Lipinski definition) is 1. The Morgan fingerprint density at radius 1 is 1.35 bits per heavy atom. The first kappa shape index (κ1) is 15.8. The second-order valence-corrected chi connectivity index (χ2v) is 6.59. The van der Waals surface area contributed by atoms with Gasteiger partial charge in [-0.1, -0.05) is 6.92 Å². The Kier molecular flexibility index (Phi) is 5.08. The maximum absolute atomic E-state index is 12.4. The van der Waals surface area contributed by atoms with E-state index in [0.717, 1.165) is 19.0 Å². The van der Waals surface area contributed by atoms with Crippen LogP contribution in [0, 0.1) is 0 Å². The minimum atomic E-state index is -0.543. The lowest BCUT2D eigenvalue weighted by atomic mass is 9.92. The summed E-state index contributed by atoms with van der Waals surface area (Å²) in [5.41, 5.74) is -0.543. The van der Waals surface area contributed by atoms with Crippen molar-refractivity contribution in [2.75, 3.05) is 13.2 Å². The van der Waals surface area contributed by atoms with Crippen LogP contribution in [0.25, 0.3) is 0 Å². The number of ether oxygens (including phenoxy) is 1. The molecule has 0 radical (unpaired) electrons.